The Morgan fingerprint density at radius 1 is 1.21 bits per heavy atom. The van der Waals surface area contributed by atoms with Crippen molar-refractivity contribution >= 4 is 40.0 Å². The maximum Gasteiger partial charge on any atom is 0.260 e. The third-order valence-corrected chi connectivity index (χ3v) is 4.64. The first kappa shape index (κ1) is 20.2. The molecule has 146 valence electrons. The van der Waals surface area contributed by atoms with Crippen LogP contribution in [0.2, 0.25) is 10.0 Å². The molecule has 0 fully saturated rings. The van der Waals surface area contributed by atoms with Crippen LogP contribution in [0.25, 0.3) is 10.9 Å². The molecule has 3 rings (SSSR count). The van der Waals surface area contributed by atoms with Gasteiger partial charge in [0, 0.05) is 11.6 Å². The first-order chi connectivity index (χ1) is 13.5. The molecule has 2 aromatic carbocycles. The number of hydrogen-bond acceptors (Lipinski definition) is 4. The van der Waals surface area contributed by atoms with Crippen LogP contribution in [0.1, 0.15) is 19.2 Å². The molecule has 3 aromatic rings. The summed E-state index contributed by atoms with van der Waals surface area (Å²) in [6.45, 7) is 2.47. The van der Waals surface area contributed by atoms with Gasteiger partial charge in [-0.25, -0.2) is 4.98 Å². The normalized spacial score (nSPS) is 10.8. The van der Waals surface area contributed by atoms with Crippen molar-refractivity contribution in [2.45, 2.75) is 19.9 Å². The summed E-state index contributed by atoms with van der Waals surface area (Å²) in [4.78, 5) is 33.7. The highest BCUT2D eigenvalue weighted by Crippen LogP contribution is 2.23. The van der Waals surface area contributed by atoms with E-state index in [9.17, 15) is 9.59 Å². The number of para-hydroxylation sites is 1. The zero-order valence-electron chi connectivity index (χ0n) is 15.2. The van der Waals surface area contributed by atoms with Crippen molar-refractivity contribution in [3.05, 3.63) is 68.7 Å². The number of ether oxygens (including phenoxy) is 1. The van der Waals surface area contributed by atoms with E-state index in [1.165, 1.54) is 0 Å². The Labute approximate surface area is 172 Å². The lowest BCUT2D eigenvalue weighted by molar-refractivity contribution is -0.134. The fourth-order valence-corrected chi connectivity index (χ4v) is 3.13. The van der Waals surface area contributed by atoms with Crippen molar-refractivity contribution in [3.63, 3.8) is 0 Å². The SMILES string of the molecule is CCCN(Cc1nc2cc(Cl)ccc2c(=O)[nH]1)C(=O)COc1ccccc1Cl. The van der Waals surface area contributed by atoms with Crippen molar-refractivity contribution in [3.8, 4) is 5.75 Å². The van der Waals surface area contributed by atoms with Gasteiger partial charge < -0.3 is 14.6 Å². The molecule has 6 nitrogen and oxygen atoms in total. The minimum Gasteiger partial charge on any atom is -0.482 e. The Bertz CT molecular complexity index is 1050. The van der Waals surface area contributed by atoms with E-state index in [1.54, 1.807) is 47.4 Å². The number of aromatic amines is 1. The van der Waals surface area contributed by atoms with Gasteiger partial charge in [0.05, 0.1) is 22.5 Å². The summed E-state index contributed by atoms with van der Waals surface area (Å²) in [6, 6.07) is 11.9. The van der Waals surface area contributed by atoms with Crippen molar-refractivity contribution in [1.82, 2.24) is 14.9 Å². The number of fused-ring (bicyclic) bond motifs is 1. The highest BCUT2D eigenvalue weighted by atomic mass is 35.5. The molecule has 0 radical (unpaired) electrons. The number of benzene rings is 2. The lowest BCUT2D eigenvalue weighted by Crippen LogP contribution is -2.36. The monoisotopic (exact) mass is 419 g/mol. The molecule has 28 heavy (non-hydrogen) atoms. The van der Waals surface area contributed by atoms with E-state index >= 15 is 0 Å². The molecule has 0 aliphatic rings. The van der Waals surface area contributed by atoms with Crippen molar-refractivity contribution < 1.29 is 9.53 Å². The summed E-state index contributed by atoms with van der Waals surface area (Å²) >= 11 is 12.1. The van der Waals surface area contributed by atoms with Crippen LogP contribution in [0, 0.1) is 0 Å². The molecule has 0 bridgehead atoms. The first-order valence-corrected chi connectivity index (χ1v) is 9.57. The third kappa shape index (κ3) is 4.82. The predicted molar refractivity (Wildman–Crippen MR) is 110 cm³/mol. The Kier molecular flexibility index (Phi) is 6.54. The zero-order valence-corrected chi connectivity index (χ0v) is 16.8. The quantitative estimate of drug-likeness (QED) is 0.626. The summed E-state index contributed by atoms with van der Waals surface area (Å²) in [5, 5.41) is 1.38. The lowest BCUT2D eigenvalue weighted by atomic mass is 10.2. The molecule has 0 saturated heterocycles. The second-order valence-corrected chi connectivity index (χ2v) is 7.05. The first-order valence-electron chi connectivity index (χ1n) is 8.81. The van der Waals surface area contributed by atoms with Gasteiger partial charge in [0.2, 0.25) is 0 Å². The number of aromatic nitrogens is 2. The molecule has 0 aliphatic heterocycles. The van der Waals surface area contributed by atoms with Crippen LogP contribution in [0.4, 0.5) is 0 Å². The second kappa shape index (κ2) is 9.08. The third-order valence-electron chi connectivity index (χ3n) is 4.09. The van der Waals surface area contributed by atoms with E-state index in [-0.39, 0.29) is 24.6 Å². The smallest absolute Gasteiger partial charge is 0.260 e. The van der Waals surface area contributed by atoms with E-state index < -0.39 is 0 Å². The number of rotatable bonds is 7. The molecule has 1 heterocycles. The standard InChI is InChI=1S/C20H19Cl2N3O3/c1-2-9-25(19(26)12-28-17-6-4-3-5-15(17)22)11-18-23-16-10-13(21)7-8-14(16)20(27)24-18/h3-8,10H,2,9,11-12H2,1H3,(H,23,24,27). The minimum absolute atomic E-state index is 0.159. The topological polar surface area (TPSA) is 75.3 Å². The Morgan fingerprint density at radius 3 is 2.75 bits per heavy atom. The summed E-state index contributed by atoms with van der Waals surface area (Å²) in [6.07, 6.45) is 0.751. The zero-order chi connectivity index (χ0) is 20.1. The number of carbonyl (C=O) groups excluding carboxylic acids is 1. The molecule has 1 amide bonds. The van der Waals surface area contributed by atoms with E-state index in [1.807, 2.05) is 6.92 Å². The minimum atomic E-state index is -0.270. The maximum absolute atomic E-state index is 12.6. The summed E-state index contributed by atoms with van der Waals surface area (Å²) in [7, 11) is 0. The molecule has 1 N–H and O–H groups in total. The highest BCUT2D eigenvalue weighted by molar-refractivity contribution is 6.32. The van der Waals surface area contributed by atoms with Crippen molar-refractivity contribution in [1.29, 1.82) is 0 Å². The molecule has 0 spiro atoms. The van der Waals surface area contributed by atoms with Gasteiger partial charge in [-0.2, -0.15) is 0 Å². The van der Waals surface area contributed by atoms with Crippen LogP contribution in [0.15, 0.2) is 47.3 Å². The van der Waals surface area contributed by atoms with Crippen LogP contribution in [-0.2, 0) is 11.3 Å². The largest absolute Gasteiger partial charge is 0.482 e. The van der Waals surface area contributed by atoms with Gasteiger partial charge >= 0.3 is 0 Å². The van der Waals surface area contributed by atoms with Gasteiger partial charge in [0.1, 0.15) is 11.6 Å². The molecule has 0 saturated carbocycles. The van der Waals surface area contributed by atoms with Gasteiger partial charge in [-0.1, -0.05) is 42.3 Å². The molecular weight excluding hydrogens is 401 g/mol. The summed E-state index contributed by atoms with van der Waals surface area (Å²) in [5.74, 6) is 0.607. The van der Waals surface area contributed by atoms with Crippen LogP contribution in [0.5, 0.6) is 5.75 Å². The molecule has 0 atom stereocenters. The van der Waals surface area contributed by atoms with E-state index in [2.05, 4.69) is 9.97 Å². The number of hydrogen-bond donors (Lipinski definition) is 1. The number of amides is 1. The van der Waals surface area contributed by atoms with Crippen LogP contribution in [0.3, 0.4) is 0 Å². The second-order valence-electron chi connectivity index (χ2n) is 6.21. The Balaban J connectivity index is 1.77. The van der Waals surface area contributed by atoms with Gasteiger partial charge in [-0.05, 0) is 36.8 Å². The Hall–Kier alpha value is -2.57. The molecule has 0 aliphatic carbocycles. The number of halogens is 2. The van der Waals surface area contributed by atoms with Gasteiger partial charge in [-0.15, -0.1) is 0 Å². The summed E-state index contributed by atoms with van der Waals surface area (Å²) in [5.41, 5.74) is 0.218. The summed E-state index contributed by atoms with van der Waals surface area (Å²) < 4.78 is 5.54. The molecule has 1 aromatic heterocycles. The van der Waals surface area contributed by atoms with E-state index in [0.717, 1.165) is 6.42 Å². The fraction of sp³-hybridized carbons (Fsp3) is 0.250. The average molecular weight is 420 g/mol. The average Bonchev–Trinajstić information content (AvgIpc) is 2.66. The number of carbonyl (C=O) groups is 1. The highest BCUT2D eigenvalue weighted by Gasteiger charge is 2.16. The fourth-order valence-electron chi connectivity index (χ4n) is 2.77. The van der Waals surface area contributed by atoms with Crippen LogP contribution < -0.4 is 10.3 Å². The van der Waals surface area contributed by atoms with E-state index in [4.69, 9.17) is 27.9 Å². The van der Waals surface area contributed by atoms with Gasteiger partial charge in [-0.3, -0.25) is 9.59 Å². The molecular formula is C20H19Cl2N3O3. The van der Waals surface area contributed by atoms with Crippen molar-refractivity contribution in [2.24, 2.45) is 0 Å². The molecule has 8 heteroatoms. The number of H-pyrrole nitrogens is 1. The van der Waals surface area contributed by atoms with Crippen molar-refractivity contribution in [2.75, 3.05) is 13.2 Å². The van der Waals surface area contributed by atoms with Gasteiger partial charge in [0.25, 0.3) is 11.5 Å². The van der Waals surface area contributed by atoms with Crippen LogP contribution in [-0.4, -0.2) is 33.9 Å². The molecule has 0 unspecified atom stereocenters. The lowest BCUT2D eigenvalue weighted by Gasteiger charge is -2.22. The number of nitrogens with one attached hydrogen (secondary N) is 1. The van der Waals surface area contributed by atoms with Crippen LogP contribution >= 0.6 is 23.2 Å². The maximum atomic E-state index is 12.6. The Morgan fingerprint density at radius 2 is 2.00 bits per heavy atom. The number of nitrogens with zero attached hydrogens (tertiary/aromatic N) is 2. The van der Waals surface area contributed by atoms with E-state index in [0.29, 0.717) is 39.1 Å². The predicted octanol–water partition coefficient (Wildman–Crippen LogP) is 4.05. The van der Waals surface area contributed by atoms with Gasteiger partial charge in [0.15, 0.2) is 6.61 Å².